The summed E-state index contributed by atoms with van der Waals surface area (Å²) in [4.78, 5) is 0. The quantitative estimate of drug-likeness (QED) is 0.532. The summed E-state index contributed by atoms with van der Waals surface area (Å²) in [6, 6.07) is 0. The predicted molar refractivity (Wildman–Crippen MR) is 112 cm³/mol. The van der Waals surface area contributed by atoms with E-state index in [1.165, 1.54) is 6.42 Å². The average Bonchev–Trinajstić information content (AvgIpc) is 3.29. The Kier molecular flexibility index (Phi) is 3.66. The van der Waals surface area contributed by atoms with Gasteiger partial charge in [0.05, 0.1) is 12.0 Å². The second-order valence-electron chi connectivity index (χ2n) is 12.2. The maximum atomic E-state index is 12.0. The van der Waals surface area contributed by atoms with Crippen LogP contribution >= 0.6 is 0 Å². The highest BCUT2D eigenvalue weighted by atomic mass is 16.9. The summed E-state index contributed by atoms with van der Waals surface area (Å²) >= 11 is 0. The predicted octanol–water partition coefficient (Wildman–Crippen LogP) is 2.35. The third-order valence-electron chi connectivity index (χ3n) is 10.4. The van der Waals surface area contributed by atoms with Gasteiger partial charge in [-0.2, -0.15) is 0 Å². The zero-order valence-corrected chi connectivity index (χ0v) is 19.3. The Morgan fingerprint density at radius 3 is 2.59 bits per heavy atom. The molecule has 0 aromatic rings. The smallest absolute Gasteiger partial charge is 0.261 e. The SMILES string of the molecule is CC(C)C1=C2C3CC=C4C5OC6(O)COC7OC(C4C7(O)C6(O)O5)C3(C)CCC2(C)CC1. The fraction of sp³-hybridized carbons (Fsp3) is 0.840. The van der Waals surface area contributed by atoms with Crippen molar-refractivity contribution in [1.82, 2.24) is 0 Å². The van der Waals surface area contributed by atoms with Crippen LogP contribution in [0.3, 0.4) is 0 Å². The Hall–Kier alpha value is -0.800. The van der Waals surface area contributed by atoms with Crippen LogP contribution in [0.15, 0.2) is 22.8 Å². The lowest BCUT2D eigenvalue weighted by atomic mass is 9.52. The maximum Gasteiger partial charge on any atom is 0.261 e. The first-order valence-electron chi connectivity index (χ1n) is 12.2. The van der Waals surface area contributed by atoms with Crippen LogP contribution in [-0.4, -0.2) is 57.8 Å². The van der Waals surface area contributed by atoms with Crippen LogP contribution in [0.4, 0.5) is 0 Å². The van der Waals surface area contributed by atoms with E-state index in [9.17, 15) is 15.3 Å². The number of fused-ring (bicyclic) bond motifs is 6. The zero-order chi connectivity index (χ0) is 22.5. The van der Waals surface area contributed by atoms with Crippen molar-refractivity contribution < 1.29 is 34.3 Å². The molecule has 0 amide bonds. The van der Waals surface area contributed by atoms with Crippen LogP contribution in [0, 0.1) is 28.6 Å². The Morgan fingerprint density at radius 2 is 1.84 bits per heavy atom. The van der Waals surface area contributed by atoms with E-state index in [0.717, 1.165) is 31.3 Å². The highest BCUT2D eigenvalue weighted by molar-refractivity contribution is 5.41. The molecule has 4 saturated heterocycles. The molecule has 4 heterocycles. The van der Waals surface area contributed by atoms with E-state index in [4.69, 9.17) is 18.9 Å². The van der Waals surface area contributed by atoms with E-state index in [-0.39, 0.29) is 29.5 Å². The molecule has 7 aliphatic rings. The van der Waals surface area contributed by atoms with Crippen LogP contribution < -0.4 is 0 Å². The van der Waals surface area contributed by atoms with Crippen molar-refractivity contribution in [2.75, 3.05) is 6.61 Å². The third-order valence-corrected chi connectivity index (χ3v) is 10.4. The van der Waals surface area contributed by atoms with Crippen molar-refractivity contribution in [3.63, 3.8) is 0 Å². The first-order chi connectivity index (χ1) is 15.0. The Balaban J connectivity index is 1.43. The molecule has 7 nitrogen and oxygen atoms in total. The molecule has 3 N–H and O–H groups in total. The van der Waals surface area contributed by atoms with E-state index in [1.807, 2.05) is 0 Å². The summed E-state index contributed by atoms with van der Waals surface area (Å²) in [5.41, 5.74) is 1.97. The van der Waals surface area contributed by atoms with Gasteiger partial charge in [0.15, 0.2) is 18.2 Å². The van der Waals surface area contributed by atoms with Crippen LogP contribution in [0.5, 0.6) is 0 Å². The average molecular weight is 447 g/mol. The van der Waals surface area contributed by atoms with Gasteiger partial charge in [-0.3, -0.25) is 0 Å². The minimum atomic E-state index is -2.29. The molecule has 7 heteroatoms. The normalized spacial score (nSPS) is 59.8. The van der Waals surface area contributed by atoms with Crippen molar-refractivity contribution in [2.24, 2.45) is 28.6 Å². The van der Waals surface area contributed by atoms with Gasteiger partial charge in [-0.1, -0.05) is 44.9 Å². The van der Waals surface area contributed by atoms with Gasteiger partial charge in [0.25, 0.3) is 11.6 Å². The molecule has 10 unspecified atom stereocenters. The third kappa shape index (κ3) is 1.95. The van der Waals surface area contributed by atoms with Crippen LogP contribution in [0.2, 0.25) is 0 Å². The molecule has 10 atom stereocenters. The molecule has 32 heavy (non-hydrogen) atoms. The van der Waals surface area contributed by atoms with Crippen molar-refractivity contribution in [3.05, 3.63) is 22.8 Å². The number of aliphatic hydroxyl groups is 3. The monoisotopic (exact) mass is 446 g/mol. The van der Waals surface area contributed by atoms with Crippen molar-refractivity contribution >= 4 is 0 Å². The standard InChI is InChI=1S/C25H34O7/c1-12(2)13-7-8-21(3)9-10-22(4)15(16(13)21)6-5-14-17-18(22)30-20-24(17,27)25(28)23(26,11-29-20)31-19(14)32-25/h5,12,15,17-20,26-28H,6-11H2,1-4H3. The maximum absolute atomic E-state index is 12.0. The van der Waals surface area contributed by atoms with Gasteiger partial charge in [0.2, 0.25) is 0 Å². The highest BCUT2D eigenvalue weighted by Crippen LogP contribution is 2.70. The molecule has 0 radical (unpaired) electrons. The van der Waals surface area contributed by atoms with Crippen LogP contribution in [0.25, 0.3) is 0 Å². The van der Waals surface area contributed by atoms with Gasteiger partial charge in [-0.25, -0.2) is 0 Å². The van der Waals surface area contributed by atoms with Crippen LogP contribution in [0.1, 0.15) is 59.8 Å². The molecule has 0 spiro atoms. The molecule has 2 bridgehead atoms. The largest absolute Gasteiger partial charge is 0.379 e. The first-order valence-corrected chi connectivity index (χ1v) is 12.2. The highest BCUT2D eigenvalue weighted by Gasteiger charge is 2.86. The van der Waals surface area contributed by atoms with Crippen molar-refractivity contribution in [1.29, 1.82) is 0 Å². The van der Waals surface area contributed by atoms with E-state index in [0.29, 0.717) is 5.92 Å². The number of ether oxygens (including phenoxy) is 4. The number of rotatable bonds is 1. The summed E-state index contributed by atoms with van der Waals surface area (Å²) in [7, 11) is 0. The summed E-state index contributed by atoms with van der Waals surface area (Å²) in [6.45, 7) is 8.98. The minimum Gasteiger partial charge on any atom is -0.379 e. The first kappa shape index (κ1) is 20.6. The second-order valence-corrected chi connectivity index (χ2v) is 12.2. The van der Waals surface area contributed by atoms with Gasteiger partial charge < -0.3 is 34.3 Å². The molecule has 5 fully saturated rings. The summed E-state index contributed by atoms with van der Waals surface area (Å²) in [6.07, 6.45) is 4.99. The Labute approximate surface area is 188 Å². The molecular weight excluding hydrogens is 412 g/mol. The number of hydrogen-bond acceptors (Lipinski definition) is 7. The van der Waals surface area contributed by atoms with Crippen molar-refractivity contribution in [2.45, 2.75) is 95.7 Å². The molecular formula is C25H34O7. The minimum absolute atomic E-state index is 0.209. The van der Waals surface area contributed by atoms with E-state index in [1.54, 1.807) is 11.1 Å². The topological polar surface area (TPSA) is 97.6 Å². The molecule has 4 aliphatic heterocycles. The van der Waals surface area contributed by atoms with Gasteiger partial charge in [0, 0.05) is 5.41 Å². The lowest BCUT2D eigenvalue weighted by Crippen LogP contribution is -2.77. The lowest BCUT2D eigenvalue weighted by molar-refractivity contribution is -0.435. The summed E-state index contributed by atoms with van der Waals surface area (Å²) < 4.78 is 24.0. The summed E-state index contributed by atoms with van der Waals surface area (Å²) in [5.74, 6) is -4.20. The molecule has 1 saturated carbocycles. The fourth-order valence-electron chi connectivity index (χ4n) is 8.56. The second kappa shape index (κ2) is 5.70. The Morgan fingerprint density at radius 1 is 1.06 bits per heavy atom. The fourth-order valence-corrected chi connectivity index (χ4v) is 8.56. The molecule has 176 valence electrons. The van der Waals surface area contributed by atoms with Gasteiger partial charge in [-0.15, -0.1) is 0 Å². The Bertz CT molecular complexity index is 973. The van der Waals surface area contributed by atoms with E-state index >= 15 is 0 Å². The van der Waals surface area contributed by atoms with Gasteiger partial charge in [0.1, 0.15) is 6.61 Å². The van der Waals surface area contributed by atoms with E-state index in [2.05, 4.69) is 33.8 Å². The van der Waals surface area contributed by atoms with E-state index < -0.39 is 35.7 Å². The molecule has 3 aliphatic carbocycles. The number of hydrogen-bond donors (Lipinski definition) is 3. The molecule has 0 aromatic carbocycles. The van der Waals surface area contributed by atoms with Crippen molar-refractivity contribution in [3.8, 4) is 0 Å². The molecule has 7 rings (SSSR count). The number of allylic oxidation sites excluding steroid dienone is 3. The molecule has 0 aromatic heterocycles. The van der Waals surface area contributed by atoms with Crippen LogP contribution in [-0.2, 0) is 18.9 Å². The zero-order valence-electron chi connectivity index (χ0n) is 19.3. The summed E-state index contributed by atoms with van der Waals surface area (Å²) in [5, 5.41) is 34.5. The van der Waals surface area contributed by atoms with Gasteiger partial charge in [-0.05, 0) is 54.9 Å². The van der Waals surface area contributed by atoms with Gasteiger partial charge >= 0.3 is 0 Å². The lowest BCUT2D eigenvalue weighted by Gasteiger charge is -2.54.